The van der Waals surface area contributed by atoms with Crippen molar-refractivity contribution < 1.29 is 39.1 Å². The van der Waals surface area contributed by atoms with Crippen molar-refractivity contribution in [2.24, 2.45) is 0 Å². The summed E-state index contributed by atoms with van der Waals surface area (Å²) >= 11 is 0. The molecule has 0 bridgehead atoms. The topological polar surface area (TPSA) is 123 Å². The highest BCUT2D eigenvalue weighted by atomic mass is 16.7. The monoisotopic (exact) mass is 416 g/mol. The fraction of sp³-hybridized carbons (Fsp3) is 0.455. The van der Waals surface area contributed by atoms with Crippen molar-refractivity contribution >= 4 is 17.6 Å². The van der Waals surface area contributed by atoms with Crippen LogP contribution in [0.2, 0.25) is 0 Å². The number of fused-ring (bicyclic) bond motifs is 2. The quantitative estimate of drug-likeness (QED) is 0.681. The van der Waals surface area contributed by atoms with Crippen LogP contribution in [0.4, 0.5) is 0 Å². The number of phenols is 1. The SMILES string of the molecule is CCC[C@@H]1OC(C)=Cc2cc3c(c(O)c21)C(=O)C([C@H]1OC[C@@H](O)[C@H](CO)O1)=CC3=O. The van der Waals surface area contributed by atoms with Crippen LogP contribution in [0.25, 0.3) is 6.08 Å². The van der Waals surface area contributed by atoms with E-state index in [9.17, 15) is 24.9 Å². The molecule has 2 aliphatic heterocycles. The normalized spacial score (nSPS) is 28.3. The molecule has 4 atom stereocenters. The van der Waals surface area contributed by atoms with Gasteiger partial charge in [0.25, 0.3) is 0 Å². The standard InChI is InChI=1S/C22H24O8/c1-3-4-16-18-11(5-10(2)29-16)6-12-14(24)7-13(20(26)19(12)21(18)27)22-28-9-15(25)17(8-23)30-22/h5-7,15-17,22-23,25,27H,3-4,8-9H2,1-2H3/t15-,16+,17+,22+/m1/s1. The van der Waals surface area contributed by atoms with Crippen LogP contribution in [0.5, 0.6) is 5.75 Å². The number of carbonyl (C=O) groups is 2. The molecule has 30 heavy (non-hydrogen) atoms. The van der Waals surface area contributed by atoms with E-state index in [1.165, 1.54) is 0 Å². The zero-order valence-corrected chi connectivity index (χ0v) is 16.8. The third-order valence-electron chi connectivity index (χ3n) is 5.55. The minimum absolute atomic E-state index is 0.0800. The average Bonchev–Trinajstić information content (AvgIpc) is 2.70. The van der Waals surface area contributed by atoms with Crippen LogP contribution in [0.15, 0.2) is 23.5 Å². The minimum Gasteiger partial charge on any atom is -0.507 e. The van der Waals surface area contributed by atoms with Gasteiger partial charge in [-0.2, -0.15) is 0 Å². The highest BCUT2D eigenvalue weighted by molar-refractivity contribution is 6.26. The van der Waals surface area contributed by atoms with E-state index >= 15 is 0 Å². The third-order valence-corrected chi connectivity index (χ3v) is 5.55. The first-order valence-corrected chi connectivity index (χ1v) is 9.97. The molecular weight excluding hydrogens is 392 g/mol. The lowest BCUT2D eigenvalue weighted by atomic mass is 9.82. The molecule has 1 saturated heterocycles. The molecule has 2 heterocycles. The fourth-order valence-electron chi connectivity index (χ4n) is 4.10. The highest BCUT2D eigenvalue weighted by Gasteiger charge is 2.40. The molecule has 0 unspecified atom stereocenters. The molecular formula is C22H24O8. The number of benzene rings is 1. The van der Waals surface area contributed by atoms with E-state index in [1.54, 1.807) is 19.1 Å². The maximum Gasteiger partial charge on any atom is 0.198 e. The Labute approximate surface area is 173 Å². The van der Waals surface area contributed by atoms with Gasteiger partial charge in [0, 0.05) is 11.1 Å². The summed E-state index contributed by atoms with van der Waals surface area (Å²) in [5.41, 5.74) is 1.06. The van der Waals surface area contributed by atoms with Crippen LogP contribution < -0.4 is 0 Å². The Hall–Kier alpha value is -2.52. The van der Waals surface area contributed by atoms with Crippen molar-refractivity contribution in [1.82, 2.24) is 0 Å². The lowest BCUT2D eigenvalue weighted by molar-refractivity contribution is -0.241. The second-order valence-electron chi connectivity index (χ2n) is 7.68. The molecule has 8 nitrogen and oxygen atoms in total. The number of hydrogen-bond donors (Lipinski definition) is 3. The summed E-state index contributed by atoms with van der Waals surface area (Å²) in [6.07, 6.45) is 0.675. The van der Waals surface area contributed by atoms with E-state index in [0.717, 1.165) is 12.5 Å². The molecule has 1 aromatic rings. The number of aromatic hydroxyl groups is 1. The van der Waals surface area contributed by atoms with Gasteiger partial charge in [0.1, 0.15) is 24.1 Å². The Morgan fingerprint density at radius 1 is 1.23 bits per heavy atom. The van der Waals surface area contributed by atoms with Crippen LogP contribution in [0, 0.1) is 0 Å². The largest absolute Gasteiger partial charge is 0.507 e. The zero-order chi connectivity index (χ0) is 21.6. The molecule has 0 aromatic heterocycles. The van der Waals surface area contributed by atoms with Gasteiger partial charge >= 0.3 is 0 Å². The minimum atomic E-state index is -1.23. The maximum absolute atomic E-state index is 13.3. The number of ketones is 2. The zero-order valence-electron chi connectivity index (χ0n) is 16.8. The van der Waals surface area contributed by atoms with Gasteiger partial charge in [-0.25, -0.2) is 0 Å². The van der Waals surface area contributed by atoms with Gasteiger partial charge in [0.2, 0.25) is 0 Å². The first kappa shape index (κ1) is 20.7. The van der Waals surface area contributed by atoms with Crippen LogP contribution >= 0.6 is 0 Å². The number of carbonyl (C=O) groups excluding carboxylic acids is 2. The fourth-order valence-corrected chi connectivity index (χ4v) is 4.10. The van der Waals surface area contributed by atoms with Gasteiger partial charge in [-0.3, -0.25) is 9.59 Å². The van der Waals surface area contributed by atoms with Gasteiger partial charge in [-0.1, -0.05) is 13.3 Å². The smallest absolute Gasteiger partial charge is 0.198 e. The van der Waals surface area contributed by atoms with E-state index in [2.05, 4.69) is 0 Å². The first-order valence-electron chi connectivity index (χ1n) is 9.97. The van der Waals surface area contributed by atoms with E-state index in [0.29, 0.717) is 23.3 Å². The van der Waals surface area contributed by atoms with Crippen molar-refractivity contribution in [2.75, 3.05) is 13.2 Å². The first-order chi connectivity index (χ1) is 14.3. The molecule has 0 amide bonds. The van der Waals surface area contributed by atoms with Crippen LogP contribution in [-0.2, 0) is 14.2 Å². The highest BCUT2D eigenvalue weighted by Crippen LogP contribution is 2.44. The lowest BCUT2D eigenvalue weighted by Gasteiger charge is -2.35. The van der Waals surface area contributed by atoms with Gasteiger partial charge in [-0.15, -0.1) is 0 Å². The third kappa shape index (κ3) is 3.35. The van der Waals surface area contributed by atoms with Crippen molar-refractivity contribution in [2.45, 2.75) is 51.3 Å². The molecule has 3 N–H and O–H groups in total. The summed E-state index contributed by atoms with van der Waals surface area (Å²) in [6, 6.07) is 1.61. The van der Waals surface area contributed by atoms with Crippen molar-refractivity contribution in [3.05, 3.63) is 45.7 Å². The maximum atomic E-state index is 13.3. The van der Waals surface area contributed by atoms with E-state index in [4.69, 9.17) is 14.2 Å². The molecule has 0 saturated carbocycles. The van der Waals surface area contributed by atoms with Crippen molar-refractivity contribution in [3.63, 3.8) is 0 Å². The second-order valence-corrected chi connectivity index (χ2v) is 7.68. The van der Waals surface area contributed by atoms with Gasteiger partial charge < -0.3 is 29.5 Å². The van der Waals surface area contributed by atoms with E-state index < -0.39 is 42.8 Å². The molecule has 0 spiro atoms. The summed E-state index contributed by atoms with van der Waals surface area (Å²) in [4.78, 5) is 26.1. The number of aliphatic hydroxyl groups excluding tert-OH is 2. The number of rotatable bonds is 4. The molecule has 4 rings (SSSR count). The summed E-state index contributed by atoms with van der Waals surface area (Å²) in [5.74, 6) is -0.655. The predicted octanol–water partition coefficient (Wildman–Crippen LogP) is 2.02. The molecule has 160 valence electrons. The van der Waals surface area contributed by atoms with Gasteiger partial charge in [0.15, 0.2) is 17.9 Å². The van der Waals surface area contributed by atoms with E-state index in [1.807, 2.05) is 6.92 Å². The molecule has 0 radical (unpaired) electrons. The van der Waals surface area contributed by atoms with Crippen LogP contribution in [0.1, 0.15) is 64.6 Å². The average molecular weight is 416 g/mol. The Kier molecular flexibility index (Phi) is 5.50. The molecule has 1 aromatic carbocycles. The lowest BCUT2D eigenvalue weighted by Crippen LogP contribution is -2.47. The molecule has 1 aliphatic carbocycles. The summed E-state index contributed by atoms with van der Waals surface area (Å²) < 4.78 is 16.7. The second kappa shape index (κ2) is 7.96. The Balaban J connectivity index is 1.77. The Morgan fingerprint density at radius 2 is 2.00 bits per heavy atom. The predicted molar refractivity (Wildman–Crippen MR) is 105 cm³/mol. The number of hydrogen-bond acceptors (Lipinski definition) is 8. The number of allylic oxidation sites excluding steroid dienone is 2. The number of Topliss-reactive ketones (excluding diaryl/α,β-unsaturated/α-hetero) is 1. The Bertz CT molecular complexity index is 960. The molecule has 3 aliphatic rings. The van der Waals surface area contributed by atoms with Gasteiger partial charge in [0.05, 0.1) is 30.1 Å². The van der Waals surface area contributed by atoms with Crippen molar-refractivity contribution in [1.29, 1.82) is 0 Å². The van der Waals surface area contributed by atoms with Gasteiger partial charge in [-0.05, 0) is 37.1 Å². The summed E-state index contributed by atoms with van der Waals surface area (Å²) in [5, 5.41) is 30.2. The van der Waals surface area contributed by atoms with Crippen LogP contribution in [-0.4, -0.2) is 58.6 Å². The van der Waals surface area contributed by atoms with Crippen molar-refractivity contribution in [3.8, 4) is 5.75 Å². The molecule has 8 heteroatoms. The summed E-state index contributed by atoms with van der Waals surface area (Å²) in [6.45, 7) is 3.17. The summed E-state index contributed by atoms with van der Waals surface area (Å²) in [7, 11) is 0. The number of phenolic OH excluding ortho intramolecular Hbond substituents is 1. The van der Waals surface area contributed by atoms with E-state index in [-0.39, 0.29) is 29.1 Å². The number of aliphatic hydroxyl groups is 2. The molecule has 1 fully saturated rings. The number of ether oxygens (including phenoxy) is 3. The Morgan fingerprint density at radius 3 is 2.70 bits per heavy atom. The van der Waals surface area contributed by atoms with Crippen LogP contribution in [0.3, 0.4) is 0 Å².